The van der Waals surface area contributed by atoms with Gasteiger partial charge in [0.05, 0.1) is 59.5 Å². The fraction of sp³-hybridized carbons (Fsp3) is 0.889. The van der Waals surface area contributed by atoms with Crippen LogP contribution in [0.2, 0.25) is 0 Å². The molecule has 4 N–H and O–H groups in total. The molecule has 0 aromatic carbocycles. The topological polar surface area (TPSA) is 215 Å². The first-order valence-electron chi connectivity index (χ1n) is 16.3. The molecule has 0 bridgehead atoms. The van der Waals surface area contributed by atoms with Gasteiger partial charge in [0.25, 0.3) is 0 Å². The number of carboxylic acids is 1. The van der Waals surface area contributed by atoms with Crippen LogP contribution in [-0.2, 0) is 47.4 Å². The zero-order chi connectivity index (χ0) is 58.1. The summed E-state index contributed by atoms with van der Waals surface area (Å²) in [5, 5.41) is 32.3. The minimum Gasteiger partial charge on any atom is -0.480 e. The minimum atomic E-state index is -6.17. The molecule has 0 spiro atoms. The number of alkyl halides is 19. The summed E-state index contributed by atoms with van der Waals surface area (Å²) in [4.78, 5) is 27.2. The van der Waals surface area contributed by atoms with Crippen LogP contribution in [0.3, 0.4) is 0 Å². The molecular formula is C27H44Br4F22O16S. The van der Waals surface area contributed by atoms with E-state index in [0.717, 1.165) is 7.11 Å². The highest BCUT2D eigenvalue weighted by Crippen LogP contribution is 2.54. The lowest BCUT2D eigenvalue weighted by atomic mass is 10.7. The zero-order valence-electron chi connectivity index (χ0n) is 34.9. The highest BCUT2D eigenvalue weighted by molar-refractivity contribution is 9.09. The van der Waals surface area contributed by atoms with Crippen molar-refractivity contribution in [1.29, 1.82) is 0 Å². The van der Waals surface area contributed by atoms with Crippen LogP contribution in [0.5, 0.6) is 0 Å². The smallest absolute Gasteiger partial charge is 0.480 e. The molecule has 0 saturated carbocycles. The van der Waals surface area contributed by atoms with Gasteiger partial charge in [-0.25, -0.2) is 14.4 Å². The fourth-order valence-electron chi connectivity index (χ4n) is 1.44. The van der Waals surface area contributed by atoms with Crippen LogP contribution in [0.1, 0.15) is 6.92 Å². The van der Waals surface area contributed by atoms with E-state index in [1.54, 1.807) is 6.92 Å². The average Bonchev–Trinajstić information content (AvgIpc) is 3.18. The monoisotopic (exact) mass is 1390 g/mol. The molecule has 0 heterocycles. The van der Waals surface area contributed by atoms with E-state index in [-0.39, 0.29) is 50.3 Å². The van der Waals surface area contributed by atoms with Crippen LogP contribution in [0, 0.1) is 0 Å². The average molecular weight is 1390 g/mol. The van der Waals surface area contributed by atoms with Crippen molar-refractivity contribution in [3.8, 4) is 0 Å². The summed E-state index contributed by atoms with van der Waals surface area (Å²) in [6.45, 7) is -1.85. The van der Waals surface area contributed by atoms with Gasteiger partial charge in [0.2, 0.25) is 0 Å². The molecule has 436 valence electrons. The minimum absolute atomic E-state index is 0.0178. The Bertz CT molecular complexity index is 1020. The van der Waals surface area contributed by atoms with Crippen LogP contribution < -0.4 is 0 Å². The van der Waals surface area contributed by atoms with Crippen LogP contribution in [0.4, 0.5) is 104 Å². The summed E-state index contributed by atoms with van der Waals surface area (Å²) in [6, 6.07) is 0. The molecule has 0 fully saturated rings. The van der Waals surface area contributed by atoms with E-state index in [1.165, 1.54) is 0 Å². The first kappa shape index (κ1) is 91.6. The summed E-state index contributed by atoms with van der Waals surface area (Å²) in [6.07, 6.45) is -27.3. The lowest BCUT2D eigenvalue weighted by Crippen LogP contribution is -2.18. The largest absolute Gasteiger partial charge is 0.522 e. The second-order valence-electron chi connectivity index (χ2n) is 8.29. The van der Waals surface area contributed by atoms with Gasteiger partial charge in [-0.1, -0.05) is 79.3 Å². The number of carbonyl (C=O) groups is 3. The molecule has 0 unspecified atom stereocenters. The van der Waals surface area contributed by atoms with Crippen LogP contribution >= 0.6 is 75.3 Å². The lowest BCUT2D eigenvalue weighted by molar-refractivity contribution is -0.328. The van der Waals surface area contributed by atoms with E-state index in [0.29, 0.717) is 17.3 Å². The van der Waals surface area contributed by atoms with E-state index < -0.39 is 102 Å². The number of aliphatic hydroxyl groups is 3. The van der Waals surface area contributed by atoms with Gasteiger partial charge < -0.3 is 39.4 Å². The van der Waals surface area contributed by atoms with Gasteiger partial charge in [0, 0.05) is 35.0 Å². The molecule has 0 atom stereocenters. The van der Waals surface area contributed by atoms with Crippen molar-refractivity contribution >= 4 is 93.8 Å². The van der Waals surface area contributed by atoms with Crippen molar-refractivity contribution in [3.05, 3.63) is 0 Å². The second-order valence-corrected chi connectivity index (χ2v) is 12.2. The van der Waals surface area contributed by atoms with Crippen molar-refractivity contribution in [1.82, 2.24) is 0 Å². The molecule has 0 aliphatic heterocycles. The molecular weight excluding hydrogens is 1350 g/mol. The number of halogens is 26. The van der Waals surface area contributed by atoms with E-state index in [9.17, 15) is 104 Å². The molecule has 0 saturated heterocycles. The predicted octanol–water partition coefficient (Wildman–Crippen LogP) is 11.4. The standard InChI is InChI=1S/C5H7F3O4.C5H9F3O2.C4H7F3O3.2C3H4BrF3O.C3H4BrFO2.C2H5BrO.CF2O.CH4O.F4S/c6-5(7,8)12-2-1-11-3-4(9)10;1-2-9-3-4-10-5(6,7)8;5-4(6,7)10-2-1-9-3-8;2*4-1-2-8-3(5,6)7;4-1-2-7-3(5)6;3-1-2-4;2-1(3)4;1-2;1-5(2,3)4/h1-3H2,(H,9,10);2-4H2,1H3;8H,1-3H2;2*1-2H2;1-2H2;4H,1-2H2;;2H,1H3;. The van der Waals surface area contributed by atoms with Gasteiger partial charge in [-0.05, 0) is 6.92 Å². The molecule has 0 amide bonds. The van der Waals surface area contributed by atoms with Gasteiger partial charge in [-0.15, -0.1) is 79.0 Å². The van der Waals surface area contributed by atoms with Crippen LogP contribution in [0.25, 0.3) is 0 Å². The lowest BCUT2D eigenvalue weighted by Gasteiger charge is -2.06. The summed E-state index contributed by atoms with van der Waals surface area (Å²) in [5.74, 6) is -1.23. The number of carboxylic acid groups (broad SMARTS) is 1. The summed E-state index contributed by atoms with van der Waals surface area (Å²) in [7, 11) is 1.00. The molecule has 0 radical (unpaired) electrons. The van der Waals surface area contributed by atoms with Crippen LogP contribution in [-0.4, -0.2) is 185 Å². The molecule has 43 heteroatoms. The van der Waals surface area contributed by atoms with Gasteiger partial charge in [-0.3, -0.25) is 23.7 Å². The quantitative estimate of drug-likeness (QED) is 0.0293. The van der Waals surface area contributed by atoms with Crippen molar-refractivity contribution in [2.24, 2.45) is 0 Å². The van der Waals surface area contributed by atoms with Crippen molar-refractivity contribution in [3.63, 3.8) is 0 Å². The van der Waals surface area contributed by atoms with E-state index >= 15 is 0 Å². The first-order valence-corrected chi connectivity index (χ1v) is 22.0. The van der Waals surface area contributed by atoms with Crippen LogP contribution in [0.15, 0.2) is 0 Å². The van der Waals surface area contributed by atoms with Crippen molar-refractivity contribution in [2.75, 3.05) is 115 Å². The predicted molar refractivity (Wildman–Crippen MR) is 211 cm³/mol. The maximum Gasteiger partial charge on any atom is 0.522 e. The molecule has 0 aromatic heterocycles. The molecule has 16 nitrogen and oxygen atoms in total. The third-order valence-corrected chi connectivity index (χ3v) is 4.39. The number of aliphatic carboxylic acids is 1. The molecule has 0 aromatic rings. The third kappa shape index (κ3) is 213. The normalized spacial score (nSPS) is 11.0. The highest BCUT2D eigenvalue weighted by Gasteiger charge is 2.30. The SMILES string of the molecule is CCOCCOC(F)(F)F.CO.FC(F)(F)OCCBr.FC(F)(F)OCCBr.FS(F)(F)F.O=C(F)F.O=C(F)OCCBr.O=C(O)COCCOC(F)(F)F.OCCBr.OCOCCOC(F)(F)F. The van der Waals surface area contributed by atoms with Crippen molar-refractivity contribution < 1.29 is 172 Å². The molecule has 0 rings (SSSR count). The highest BCUT2D eigenvalue weighted by atomic mass is 79.9. The summed E-state index contributed by atoms with van der Waals surface area (Å²) >= 11 is 5.32. The number of ether oxygens (including phenoxy) is 9. The molecule has 0 aliphatic carbocycles. The Hall–Kier alpha value is -1.10. The van der Waals surface area contributed by atoms with Gasteiger partial charge >= 0.3 is 61.9 Å². The van der Waals surface area contributed by atoms with Gasteiger partial charge in [0.1, 0.15) is 20.0 Å². The zero-order valence-corrected chi connectivity index (χ0v) is 42.1. The van der Waals surface area contributed by atoms with E-state index in [4.69, 9.17) is 25.2 Å². The number of rotatable bonds is 20. The first-order chi connectivity index (χ1) is 31.6. The maximum atomic E-state index is 11.2. The number of hydrogen-bond donors (Lipinski definition) is 4. The Morgan fingerprint density at radius 1 is 0.471 bits per heavy atom. The summed E-state index contributed by atoms with van der Waals surface area (Å²) < 4.78 is 270. The van der Waals surface area contributed by atoms with E-state index in [2.05, 4.69) is 106 Å². The number of carbonyl (C=O) groups excluding carboxylic acids is 2. The molecule has 0 aliphatic rings. The van der Waals surface area contributed by atoms with Gasteiger partial charge in [-0.2, -0.15) is 0 Å². The fourth-order valence-corrected chi connectivity index (χ4v) is 1.93. The Balaban J connectivity index is -0.0000000733. The summed E-state index contributed by atoms with van der Waals surface area (Å²) in [5.41, 5.74) is 0. The Labute approximate surface area is 417 Å². The van der Waals surface area contributed by atoms with Crippen molar-refractivity contribution in [2.45, 2.75) is 38.7 Å². The maximum absolute atomic E-state index is 11.2. The number of hydrogen-bond acceptors (Lipinski definition) is 15. The van der Waals surface area contributed by atoms with E-state index in [1.807, 2.05) is 0 Å². The third-order valence-electron chi connectivity index (χ3n) is 3.06. The Morgan fingerprint density at radius 2 is 0.714 bits per heavy atom. The Morgan fingerprint density at radius 3 is 0.871 bits per heavy atom. The number of aliphatic hydroxyl groups excluding tert-OH is 3. The second kappa shape index (κ2) is 62.2. The van der Waals surface area contributed by atoms with Gasteiger partial charge in [0.15, 0.2) is 0 Å². The Kier molecular flexibility index (Phi) is 81.4. The molecule has 70 heavy (non-hydrogen) atoms.